The number of piperidine rings is 2. The third-order valence-electron chi connectivity index (χ3n) is 7.44. The van der Waals surface area contributed by atoms with E-state index >= 15 is 0 Å². The average molecular weight is 477 g/mol. The zero-order valence-electron chi connectivity index (χ0n) is 20.2. The Balaban J connectivity index is 1.63. The summed E-state index contributed by atoms with van der Waals surface area (Å²) in [6.07, 6.45) is -0.0328. The number of rotatable bonds is 5. The van der Waals surface area contributed by atoms with Crippen LogP contribution in [0.5, 0.6) is 0 Å². The number of likely N-dealkylation sites (tertiary alicyclic amines) is 1. The maximum Gasteiger partial charge on any atom is 0.418 e. The fourth-order valence-corrected chi connectivity index (χ4v) is 5.71. The molecule has 5 nitrogen and oxygen atoms in total. The fraction of sp³-hybridized carbons (Fsp3) is 0.615. The molecule has 0 aliphatic carbocycles. The summed E-state index contributed by atoms with van der Waals surface area (Å²) in [6, 6.07) is 6.49. The molecule has 3 heterocycles. The van der Waals surface area contributed by atoms with E-state index < -0.39 is 17.3 Å². The first kappa shape index (κ1) is 24.9. The van der Waals surface area contributed by atoms with Gasteiger partial charge in [-0.15, -0.1) is 0 Å². The summed E-state index contributed by atoms with van der Waals surface area (Å²) in [5, 5.41) is 7.13. The summed E-state index contributed by atoms with van der Waals surface area (Å²) >= 11 is 0. The van der Waals surface area contributed by atoms with E-state index in [1.807, 2.05) is 0 Å². The van der Waals surface area contributed by atoms with Gasteiger partial charge in [0, 0.05) is 30.6 Å². The van der Waals surface area contributed by atoms with Gasteiger partial charge in [-0.1, -0.05) is 19.1 Å². The number of aromatic nitrogens is 1. The van der Waals surface area contributed by atoms with E-state index in [1.54, 1.807) is 12.1 Å². The number of hydrogen-bond donors (Lipinski definition) is 2. The van der Waals surface area contributed by atoms with Crippen LogP contribution in [-0.2, 0) is 16.5 Å². The Morgan fingerprint density at radius 3 is 2.65 bits per heavy atom. The van der Waals surface area contributed by atoms with Crippen molar-refractivity contribution < 1.29 is 18.0 Å². The van der Waals surface area contributed by atoms with Crippen LogP contribution in [0.2, 0.25) is 0 Å². The van der Waals surface area contributed by atoms with Crippen LogP contribution in [0.4, 0.5) is 13.2 Å². The first-order valence-electron chi connectivity index (χ1n) is 12.3. The van der Waals surface area contributed by atoms with Gasteiger partial charge in [0.15, 0.2) is 0 Å². The third kappa shape index (κ3) is 5.23. The van der Waals surface area contributed by atoms with E-state index in [-0.39, 0.29) is 17.3 Å². The molecule has 2 saturated heterocycles. The minimum Gasteiger partial charge on any atom is -0.345 e. The number of hydrogen-bond acceptors (Lipinski definition) is 4. The lowest BCUT2D eigenvalue weighted by molar-refractivity contribution is -0.136. The van der Waals surface area contributed by atoms with E-state index in [2.05, 4.69) is 41.3 Å². The molecule has 0 spiro atoms. The van der Waals surface area contributed by atoms with Crippen LogP contribution in [0.25, 0.3) is 10.9 Å². The summed E-state index contributed by atoms with van der Waals surface area (Å²) in [5.74, 6) is 0.556. The van der Waals surface area contributed by atoms with Crippen LogP contribution in [0.15, 0.2) is 30.5 Å². The fourth-order valence-electron chi connectivity index (χ4n) is 5.71. The van der Waals surface area contributed by atoms with Gasteiger partial charge < -0.3 is 15.5 Å². The van der Waals surface area contributed by atoms with Gasteiger partial charge in [-0.05, 0) is 82.3 Å². The number of fused-ring (bicyclic) bond motifs is 1. The molecule has 1 aromatic carbocycles. The van der Waals surface area contributed by atoms with Crippen molar-refractivity contribution >= 4 is 16.8 Å². The summed E-state index contributed by atoms with van der Waals surface area (Å²) in [5.41, 5.74) is -0.896. The number of nitrogens with zero attached hydrogens (tertiary/aromatic N) is 2. The highest BCUT2D eigenvalue weighted by molar-refractivity contribution is 5.88. The summed E-state index contributed by atoms with van der Waals surface area (Å²) in [7, 11) is 0. The van der Waals surface area contributed by atoms with Crippen molar-refractivity contribution in [2.24, 2.45) is 11.8 Å². The molecule has 1 aromatic heterocycles. The number of alkyl halides is 3. The lowest BCUT2D eigenvalue weighted by Crippen LogP contribution is -2.57. The zero-order chi connectivity index (χ0) is 24.5. The van der Waals surface area contributed by atoms with Gasteiger partial charge >= 0.3 is 6.18 Å². The molecule has 0 unspecified atom stereocenters. The van der Waals surface area contributed by atoms with E-state index in [4.69, 9.17) is 0 Å². The SMILES string of the molecule is CC(C)N1CCC(CC(=O)N[C@]2(c3ccc(C(F)(F)F)c4ncccc34)CNC[C@@H](C)C2)CC1. The number of pyridine rings is 1. The van der Waals surface area contributed by atoms with Gasteiger partial charge in [-0.2, -0.15) is 13.2 Å². The summed E-state index contributed by atoms with van der Waals surface area (Å²) in [6.45, 7) is 9.75. The van der Waals surface area contributed by atoms with Crippen molar-refractivity contribution in [1.82, 2.24) is 20.5 Å². The molecule has 34 heavy (non-hydrogen) atoms. The number of nitrogens with one attached hydrogen (secondary N) is 2. The van der Waals surface area contributed by atoms with Crippen LogP contribution in [-0.4, -0.2) is 48.0 Å². The second-order valence-electron chi connectivity index (χ2n) is 10.4. The molecule has 0 saturated carbocycles. The van der Waals surface area contributed by atoms with Gasteiger partial charge in [0.05, 0.1) is 16.6 Å². The van der Waals surface area contributed by atoms with Crippen molar-refractivity contribution in [3.63, 3.8) is 0 Å². The third-order valence-corrected chi connectivity index (χ3v) is 7.44. The Morgan fingerprint density at radius 2 is 2.00 bits per heavy atom. The minimum atomic E-state index is -4.50. The van der Waals surface area contributed by atoms with Crippen molar-refractivity contribution in [3.05, 3.63) is 41.6 Å². The number of carbonyl (C=O) groups excluding carboxylic acids is 1. The number of amides is 1. The average Bonchev–Trinajstić information content (AvgIpc) is 2.78. The van der Waals surface area contributed by atoms with Crippen LogP contribution in [0.3, 0.4) is 0 Å². The van der Waals surface area contributed by atoms with Crippen LogP contribution in [0.1, 0.15) is 57.6 Å². The Morgan fingerprint density at radius 1 is 1.26 bits per heavy atom. The highest BCUT2D eigenvalue weighted by Crippen LogP contribution is 2.40. The molecule has 2 aliphatic heterocycles. The predicted molar refractivity (Wildman–Crippen MR) is 127 cm³/mol. The first-order valence-corrected chi connectivity index (χ1v) is 12.3. The van der Waals surface area contributed by atoms with Crippen LogP contribution < -0.4 is 10.6 Å². The van der Waals surface area contributed by atoms with E-state index in [9.17, 15) is 18.0 Å². The smallest absolute Gasteiger partial charge is 0.345 e. The second kappa shape index (κ2) is 9.82. The molecule has 2 aliphatic rings. The van der Waals surface area contributed by atoms with Gasteiger partial charge in [0.2, 0.25) is 5.91 Å². The second-order valence-corrected chi connectivity index (χ2v) is 10.4. The molecule has 2 N–H and O–H groups in total. The quantitative estimate of drug-likeness (QED) is 0.657. The van der Waals surface area contributed by atoms with Crippen LogP contribution >= 0.6 is 0 Å². The molecular weight excluding hydrogens is 441 g/mol. The van der Waals surface area contributed by atoms with Gasteiger partial charge in [-0.3, -0.25) is 9.78 Å². The first-order chi connectivity index (χ1) is 16.1. The molecule has 1 amide bonds. The molecule has 186 valence electrons. The Labute approximate surface area is 199 Å². The molecular formula is C26H35F3N4O. The Bertz CT molecular complexity index is 1020. The van der Waals surface area contributed by atoms with Gasteiger partial charge in [0.25, 0.3) is 0 Å². The monoisotopic (exact) mass is 476 g/mol. The highest BCUT2D eigenvalue weighted by atomic mass is 19.4. The molecule has 8 heteroatoms. The lowest BCUT2D eigenvalue weighted by atomic mass is 9.76. The molecule has 2 fully saturated rings. The molecule has 0 bridgehead atoms. The van der Waals surface area contributed by atoms with E-state index in [1.165, 1.54) is 12.3 Å². The van der Waals surface area contributed by atoms with Crippen molar-refractivity contribution in [2.45, 2.75) is 64.2 Å². The van der Waals surface area contributed by atoms with Gasteiger partial charge in [0.1, 0.15) is 0 Å². The number of carbonyl (C=O) groups is 1. The van der Waals surface area contributed by atoms with Gasteiger partial charge in [-0.25, -0.2) is 0 Å². The Kier molecular flexibility index (Phi) is 7.20. The molecule has 2 atom stereocenters. The molecule has 2 aromatic rings. The predicted octanol–water partition coefficient (Wildman–Crippen LogP) is 4.71. The standard InChI is InChI=1S/C26H35F3N4O/c1-17(2)33-11-8-19(9-12-33)13-23(34)32-25(14-18(3)15-30-16-25)21-6-7-22(26(27,28)29)24-20(21)5-4-10-31-24/h4-7,10,17-19,30H,8-9,11-16H2,1-3H3,(H,32,34)/t18-,25-/m0/s1. The lowest BCUT2D eigenvalue weighted by Gasteiger charge is -2.43. The summed E-state index contributed by atoms with van der Waals surface area (Å²) < 4.78 is 41.0. The Hall–Kier alpha value is -2.19. The largest absolute Gasteiger partial charge is 0.418 e. The van der Waals surface area contributed by atoms with Crippen molar-refractivity contribution in [1.29, 1.82) is 0 Å². The van der Waals surface area contributed by atoms with E-state index in [0.29, 0.717) is 42.3 Å². The normalized spacial score (nSPS) is 25.1. The number of halogens is 3. The maximum atomic E-state index is 13.7. The topological polar surface area (TPSA) is 57.3 Å². The van der Waals surface area contributed by atoms with Crippen LogP contribution in [0, 0.1) is 11.8 Å². The number of benzene rings is 1. The molecule has 0 radical (unpaired) electrons. The van der Waals surface area contributed by atoms with Crippen molar-refractivity contribution in [3.8, 4) is 0 Å². The molecule has 4 rings (SSSR count). The van der Waals surface area contributed by atoms with Crippen molar-refractivity contribution in [2.75, 3.05) is 26.2 Å². The minimum absolute atomic E-state index is 0.0316. The summed E-state index contributed by atoms with van der Waals surface area (Å²) in [4.78, 5) is 19.8. The van der Waals surface area contributed by atoms with E-state index in [0.717, 1.165) is 38.5 Å². The highest BCUT2D eigenvalue weighted by Gasteiger charge is 2.41. The maximum absolute atomic E-state index is 13.7. The zero-order valence-corrected chi connectivity index (χ0v) is 20.2.